The number of hydrogen-bond donors (Lipinski definition) is 4. The lowest BCUT2D eigenvalue weighted by Gasteiger charge is -2.28. The van der Waals surface area contributed by atoms with Gasteiger partial charge in [0, 0.05) is 14.8 Å². The predicted molar refractivity (Wildman–Crippen MR) is 157 cm³/mol. The van der Waals surface area contributed by atoms with Crippen LogP contribution in [0.3, 0.4) is 0 Å². The number of aliphatic hydroxyl groups is 1. The average molecular weight is 750 g/mol. The summed E-state index contributed by atoms with van der Waals surface area (Å²) in [7, 11) is 2.87. The van der Waals surface area contributed by atoms with Crippen molar-refractivity contribution in [3.8, 4) is 17.2 Å². The van der Waals surface area contributed by atoms with Crippen LogP contribution >= 0.6 is 45.2 Å². The van der Waals surface area contributed by atoms with Gasteiger partial charge in [0.2, 0.25) is 0 Å². The lowest BCUT2D eigenvalue weighted by atomic mass is 9.95. The third-order valence-electron chi connectivity index (χ3n) is 5.34. The minimum atomic E-state index is -1.12. The predicted octanol–water partition coefficient (Wildman–Crippen LogP) is 3.42. The molecule has 0 aromatic heterocycles. The van der Waals surface area contributed by atoms with Crippen molar-refractivity contribution in [3.05, 3.63) is 59.9 Å². The Balaban J connectivity index is 1.72. The van der Waals surface area contributed by atoms with Gasteiger partial charge in [-0.25, -0.2) is 9.59 Å². The van der Waals surface area contributed by atoms with Crippen molar-refractivity contribution >= 4 is 63.4 Å². The second-order valence-electron chi connectivity index (χ2n) is 7.93. The number of ether oxygens (including phenoxy) is 4. The first-order valence-corrected chi connectivity index (χ1v) is 13.6. The van der Waals surface area contributed by atoms with Crippen LogP contribution in [-0.2, 0) is 9.53 Å². The zero-order valence-electron chi connectivity index (χ0n) is 21.1. The van der Waals surface area contributed by atoms with Gasteiger partial charge >= 0.3 is 12.0 Å². The normalized spacial score (nSPS) is 16.0. The van der Waals surface area contributed by atoms with E-state index in [-0.39, 0.29) is 12.2 Å². The van der Waals surface area contributed by atoms with Gasteiger partial charge in [-0.05, 0) is 88.9 Å². The molecule has 0 saturated carbocycles. The molecule has 13 heteroatoms. The second-order valence-corrected chi connectivity index (χ2v) is 10.3. The number of esters is 1. The van der Waals surface area contributed by atoms with E-state index in [2.05, 4.69) is 66.3 Å². The molecule has 1 aliphatic rings. The van der Waals surface area contributed by atoms with E-state index in [1.807, 2.05) is 19.1 Å². The van der Waals surface area contributed by atoms with Crippen LogP contribution < -0.4 is 30.3 Å². The number of benzene rings is 2. The quantitative estimate of drug-likeness (QED) is 0.0902. The molecule has 38 heavy (non-hydrogen) atoms. The number of nitrogens with zero attached hydrogens (tertiary/aromatic N) is 1. The topological polar surface area (TPSA) is 140 Å². The summed E-state index contributed by atoms with van der Waals surface area (Å²) >= 11 is 4.40. The fourth-order valence-electron chi connectivity index (χ4n) is 3.71. The van der Waals surface area contributed by atoms with Gasteiger partial charge in [0.15, 0.2) is 17.7 Å². The van der Waals surface area contributed by atoms with Crippen molar-refractivity contribution in [2.45, 2.75) is 26.1 Å². The molecule has 3 rings (SSSR count). The molecule has 2 atom stereocenters. The van der Waals surface area contributed by atoms with Gasteiger partial charge in [-0.1, -0.05) is 6.07 Å². The molecular weight excluding hydrogens is 722 g/mol. The van der Waals surface area contributed by atoms with Crippen LogP contribution in [-0.4, -0.2) is 57.0 Å². The Bertz CT molecular complexity index is 1250. The first-order valence-electron chi connectivity index (χ1n) is 11.4. The Labute approximate surface area is 247 Å². The number of methoxy groups -OCH3 is 2. The molecule has 0 spiro atoms. The summed E-state index contributed by atoms with van der Waals surface area (Å²) in [5, 5.41) is 19.8. The Morgan fingerprint density at radius 3 is 2.66 bits per heavy atom. The number of hydrazone groups is 1. The summed E-state index contributed by atoms with van der Waals surface area (Å²) in [4.78, 5) is 24.5. The largest absolute Gasteiger partial charge is 0.495 e. The number of carbonyl (C=O) groups excluding carboxylic acids is 2. The number of urea groups is 1. The molecule has 0 fully saturated rings. The molecule has 11 nitrogen and oxygen atoms in total. The van der Waals surface area contributed by atoms with Crippen LogP contribution in [0.2, 0.25) is 0 Å². The highest BCUT2D eigenvalue weighted by molar-refractivity contribution is 14.1. The van der Waals surface area contributed by atoms with E-state index in [9.17, 15) is 14.7 Å². The number of aliphatic hydroxyl groups excluding tert-OH is 1. The van der Waals surface area contributed by atoms with Crippen LogP contribution in [0, 0.1) is 7.14 Å². The van der Waals surface area contributed by atoms with Gasteiger partial charge in [0.25, 0.3) is 0 Å². The number of carbonyl (C=O) groups is 2. The number of hydrogen-bond acceptors (Lipinski definition) is 9. The number of rotatable bonds is 11. The number of amides is 2. The molecule has 1 aliphatic heterocycles. The maximum Gasteiger partial charge on any atom is 0.337 e. The van der Waals surface area contributed by atoms with E-state index < -0.39 is 24.3 Å². The summed E-state index contributed by atoms with van der Waals surface area (Å²) in [6.45, 7) is 3.66. The zero-order valence-corrected chi connectivity index (χ0v) is 25.4. The maximum absolute atomic E-state index is 12.4. The van der Waals surface area contributed by atoms with E-state index in [0.29, 0.717) is 35.1 Å². The molecule has 0 unspecified atom stereocenters. The van der Waals surface area contributed by atoms with Crippen molar-refractivity contribution in [1.82, 2.24) is 16.1 Å². The van der Waals surface area contributed by atoms with Gasteiger partial charge in [0.1, 0.15) is 12.4 Å². The van der Waals surface area contributed by atoms with Crippen molar-refractivity contribution in [2.75, 3.05) is 27.4 Å². The summed E-state index contributed by atoms with van der Waals surface area (Å²) in [6.07, 6.45) is 0.447. The van der Waals surface area contributed by atoms with Crippen molar-refractivity contribution in [2.24, 2.45) is 5.10 Å². The lowest BCUT2D eigenvalue weighted by molar-refractivity contribution is -0.136. The number of nitrogens with one attached hydrogen (secondary N) is 3. The van der Waals surface area contributed by atoms with E-state index >= 15 is 0 Å². The summed E-state index contributed by atoms with van der Waals surface area (Å²) in [5.74, 6) is 0.878. The highest BCUT2D eigenvalue weighted by Crippen LogP contribution is 2.35. The second kappa shape index (κ2) is 13.8. The van der Waals surface area contributed by atoms with E-state index in [4.69, 9.17) is 18.9 Å². The standard InChI is InChI=1S/C25H28I2N4O7/c1-5-37-19-9-14(22-21(24(33)36-4)13(2)29-25(34)30-22)6-7-18(19)38-12-20(32)31-28-11-15-8-16(26)10-17(27)23(15)35-3/h6-11,20,22,31-32H,5,12H2,1-4H3,(H2,29,30,34)/b28-11+/t20-,22+/m0/s1. The first kappa shape index (κ1) is 29.8. The van der Waals surface area contributed by atoms with Gasteiger partial charge in [-0.2, -0.15) is 5.10 Å². The minimum Gasteiger partial charge on any atom is -0.495 e. The van der Waals surface area contributed by atoms with Crippen LogP contribution in [0.25, 0.3) is 0 Å². The summed E-state index contributed by atoms with van der Waals surface area (Å²) < 4.78 is 23.8. The zero-order chi connectivity index (χ0) is 27.8. The molecule has 1 heterocycles. The lowest BCUT2D eigenvalue weighted by Crippen LogP contribution is -2.45. The molecule has 204 valence electrons. The smallest absolute Gasteiger partial charge is 0.337 e. The van der Waals surface area contributed by atoms with Crippen molar-refractivity contribution < 1.29 is 33.6 Å². The maximum atomic E-state index is 12.4. The van der Waals surface area contributed by atoms with Gasteiger partial charge < -0.3 is 34.7 Å². The van der Waals surface area contributed by atoms with Gasteiger partial charge in [0.05, 0.1) is 42.2 Å². The number of allylic oxidation sites excluding steroid dienone is 1. The molecular formula is C25H28I2N4O7. The Morgan fingerprint density at radius 2 is 1.97 bits per heavy atom. The molecule has 0 saturated heterocycles. The van der Waals surface area contributed by atoms with E-state index in [1.54, 1.807) is 38.4 Å². The molecule has 2 aromatic carbocycles. The minimum absolute atomic E-state index is 0.131. The van der Waals surface area contributed by atoms with Crippen molar-refractivity contribution in [1.29, 1.82) is 0 Å². The highest BCUT2D eigenvalue weighted by atomic mass is 127. The Hall–Kier alpha value is -2.79. The first-order chi connectivity index (χ1) is 18.2. The SMILES string of the molecule is CCOc1cc([C@H]2NC(=O)NC(C)=C2C(=O)OC)ccc1OC[C@H](O)N/N=C/c1cc(I)cc(I)c1OC. The molecule has 0 radical (unpaired) electrons. The molecule has 0 bridgehead atoms. The average Bonchev–Trinajstić information content (AvgIpc) is 2.87. The highest BCUT2D eigenvalue weighted by Gasteiger charge is 2.32. The molecule has 2 amide bonds. The summed E-state index contributed by atoms with van der Waals surface area (Å²) in [6, 6.07) is 7.74. The van der Waals surface area contributed by atoms with Crippen LogP contribution in [0.5, 0.6) is 17.2 Å². The Morgan fingerprint density at radius 1 is 1.21 bits per heavy atom. The van der Waals surface area contributed by atoms with Gasteiger partial charge in [-0.3, -0.25) is 5.43 Å². The van der Waals surface area contributed by atoms with Crippen molar-refractivity contribution in [3.63, 3.8) is 0 Å². The van der Waals surface area contributed by atoms with Crippen LogP contribution in [0.1, 0.15) is 31.0 Å². The fraction of sp³-hybridized carbons (Fsp3) is 0.320. The molecule has 2 aromatic rings. The monoisotopic (exact) mass is 750 g/mol. The Kier molecular flexibility index (Phi) is 10.8. The fourth-order valence-corrected chi connectivity index (χ4v) is 5.82. The number of halogens is 2. The van der Waals surface area contributed by atoms with Crippen LogP contribution in [0.4, 0.5) is 4.79 Å². The summed E-state index contributed by atoms with van der Waals surface area (Å²) in [5.41, 5.74) is 4.66. The molecule has 4 N–H and O–H groups in total. The molecule has 0 aliphatic carbocycles. The van der Waals surface area contributed by atoms with E-state index in [0.717, 1.165) is 12.7 Å². The van der Waals surface area contributed by atoms with Crippen LogP contribution in [0.15, 0.2) is 46.7 Å². The third kappa shape index (κ3) is 7.41. The third-order valence-corrected chi connectivity index (χ3v) is 6.76. The van der Waals surface area contributed by atoms with E-state index in [1.165, 1.54) is 7.11 Å². The van der Waals surface area contributed by atoms with Gasteiger partial charge in [-0.15, -0.1) is 0 Å².